The molecule has 1 saturated heterocycles. The average molecular weight is 409 g/mol. The van der Waals surface area contributed by atoms with Crippen molar-refractivity contribution in [2.45, 2.75) is 58.5 Å². The number of nitrogens with one attached hydrogen (secondary N) is 1. The number of sulfonamides is 1. The van der Waals surface area contributed by atoms with Crippen molar-refractivity contribution in [3.63, 3.8) is 0 Å². The van der Waals surface area contributed by atoms with Crippen LogP contribution < -0.4 is 5.56 Å². The fourth-order valence-corrected chi connectivity index (χ4v) is 5.43. The van der Waals surface area contributed by atoms with Gasteiger partial charge in [0, 0.05) is 24.6 Å². The number of aromatic amines is 1. The van der Waals surface area contributed by atoms with E-state index in [1.54, 1.807) is 6.92 Å². The molecule has 0 spiro atoms. The van der Waals surface area contributed by atoms with Gasteiger partial charge in [0.15, 0.2) is 0 Å². The number of likely N-dealkylation sites (tertiary alicyclic amines) is 1. The van der Waals surface area contributed by atoms with Crippen molar-refractivity contribution in [2.75, 3.05) is 18.8 Å². The Balaban J connectivity index is 1.65. The third-order valence-corrected chi connectivity index (χ3v) is 8.17. The van der Waals surface area contributed by atoms with Gasteiger partial charge in [-0.05, 0) is 44.9 Å². The quantitative estimate of drug-likeness (QED) is 0.806. The lowest BCUT2D eigenvalue weighted by Crippen LogP contribution is -2.43. The number of fused-ring (bicyclic) bond motifs is 1. The highest BCUT2D eigenvalue weighted by Gasteiger charge is 2.44. The molecule has 3 atom stereocenters. The van der Waals surface area contributed by atoms with Gasteiger partial charge in [0.1, 0.15) is 5.82 Å². The third kappa shape index (κ3) is 3.50. The first-order valence-electron chi connectivity index (χ1n) is 10.2. The molecular weight excluding hydrogens is 380 g/mol. The Morgan fingerprint density at radius 2 is 2.04 bits per heavy atom. The van der Waals surface area contributed by atoms with Crippen molar-refractivity contribution >= 4 is 15.9 Å². The minimum atomic E-state index is -3.33. The van der Waals surface area contributed by atoms with E-state index in [1.807, 2.05) is 4.90 Å². The summed E-state index contributed by atoms with van der Waals surface area (Å²) in [6, 6.07) is -0.231. The summed E-state index contributed by atoms with van der Waals surface area (Å²) in [6.07, 6.45) is 4.00. The predicted molar refractivity (Wildman–Crippen MR) is 104 cm³/mol. The highest BCUT2D eigenvalue weighted by Crippen LogP contribution is 2.42. The summed E-state index contributed by atoms with van der Waals surface area (Å²) in [5, 5.41) is 0. The highest BCUT2D eigenvalue weighted by atomic mass is 32.2. The van der Waals surface area contributed by atoms with Crippen LogP contribution in [0.3, 0.4) is 0 Å². The van der Waals surface area contributed by atoms with Crippen molar-refractivity contribution in [3.8, 4) is 0 Å². The molecule has 2 aliphatic heterocycles. The van der Waals surface area contributed by atoms with Gasteiger partial charge in [-0.15, -0.1) is 0 Å². The lowest BCUT2D eigenvalue weighted by Gasteiger charge is -2.36. The zero-order chi connectivity index (χ0) is 20.1. The van der Waals surface area contributed by atoms with Crippen LogP contribution in [-0.2, 0) is 27.8 Å². The number of amides is 1. The van der Waals surface area contributed by atoms with E-state index in [0.717, 1.165) is 25.7 Å². The first-order chi connectivity index (χ1) is 13.3. The SMILES string of the molecule is CCS(=O)(=O)N1CCc2c(nc([C@@H]3CCCCN3C(=O)[C@@H]3C[C@@H]3C)[nH]c2=O)C1. The molecule has 1 N–H and O–H groups in total. The Hall–Kier alpha value is -1.74. The van der Waals surface area contributed by atoms with E-state index in [1.165, 1.54) is 4.31 Å². The topological polar surface area (TPSA) is 103 Å². The highest BCUT2D eigenvalue weighted by molar-refractivity contribution is 7.89. The number of carbonyl (C=O) groups is 1. The average Bonchev–Trinajstić information content (AvgIpc) is 3.43. The molecule has 154 valence electrons. The molecule has 2 fully saturated rings. The maximum Gasteiger partial charge on any atom is 0.254 e. The van der Waals surface area contributed by atoms with Crippen LogP contribution in [0.1, 0.15) is 62.7 Å². The zero-order valence-corrected chi connectivity index (χ0v) is 17.3. The van der Waals surface area contributed by atoms with Crippen molar-refractivity contribution < 1.29 is 13.2 Å². The molecular formula is C19H28N4O4S. The second-order valence-corrected chi connectivity index (χ2v) is 10.5. The molecule has 1 amide bonds. The van der Waals surface area contributed by atoms with Crippen LogP contribution in [0.4, 0.5) is 0 Å². The molecule has 4 rings (SSSR count). The smallest absolute Gasteiger partial charge is 0.254 e. The van der Waals surface area contributed by atoms with Gasteiger partial charge in [-0.3, -0.25) is 9.59 Å². The molecule has 3 heterocycles. The Kier molecular flexibility index (Phi) is 5.07. The fourth-order valence-electron chi connectivity index (χ4n) is 4.37. The first kappa shape index (κ1) is 19.6. The number of nitrogens with zero attached hydrogens (tertiary/aromatic N) is 3. The van der Waals surface area contributed by atoms with Crippen LogP contribution in [-0.4, -0.2) is 52.3 Å². The third-order valence-electron chi connectivity index (χ3n) is 6.34. The number of H-pyrrole nitrogens is 1. The van der Waals surface area contributed by atoms with Crippen LogP contribution in [0.25, 0.3) is 0 Å². The maximum absolute atomic E-state index is 12.9. The summed E-state index contributed by atoms with van der Waals surface area (Å²) >= 11 is 0. The van der Waals surface area contributed by atoms with Gasteiger partial charge >= 0.3 is 0 Å². The van der Waals surface area contributed by atoms with Crippen LogP contribution in [0.15, 0.2) is 4.79 Å². The summed E-state index contributed by atoms with van der Waals surface area (Å²) in [5.74, 6) is 1.21. The molecule has 1 aromatic heterocycles. The van der Waals surface area contributed by atoms with Crippen molar-refractivity contribution in [3.05, 3.63) is 27.4 Å². The summed E-state index contributed by atoms with van der Waals surface area (Å²) in [6.45, 7) is 4.82. The van der Waals surface area contributed by atoms with Gasteiger partial charge in [0.05, 0.1) is 24.0 Å². The summed E-state index contributed by atoms with van der Waals surface area (Å²) in [7, 11) is -3.33. The largest absolute Gasteiger partial charge is 0.332 e. The molecule has 1 saturated carbocycles. The second kappa shape index (κ2) is 7.26. The van der Waals surface area contributed by atoms with Crippen LogP contribution >= 0.6 is 0 Å². The lowest BCUT2D eigenvalue weighted by atomic mass is 9.99. The molecule has 28 heavy (non-hydrogen) atoms. The lowest BCUT2D eigenvalue weighted by molar-refractivity contribution is -0.137. The number of rotatable bonds is 4. The van der Waals surface area contributed by atoms with Crippen LogP contribution in [0.2, 0.25) is 0 Å². The minimum Gasteiger partial charge on any atom is -0.332 e. The number of piperidine rings is 1. The first-order valence-corrected chi connectivity index (χ1v) is 11.8. The van der Waals surface area contributed by atoms with Gasteiger partial charge < -0.3 is 9.88 Å². The van der Waals surface area contributed by atoms with Crippen molar-refractivity contribution in [1.82, 2.24) is 19.2 Å². The van der Waals surface area contributed by atoms with Gasteiger partial charge in [-0.2, -0.15) is 4.31 Å². The molecule has 3 aliphatic rings. The van der Waals surface area contributed by atoms with Crippen molar-refractivity contribution in [1.29, 1.82) is 0 Å². The Morgan fingerprint density at radius 1 is 1.29 bits per heavy atom. The zero-order valence-electron chi connectivity index (χ0n) is 16.5. The van der Waals surface area contributed by atoms with Gasteiger partial charge in [0.25, 0.3) is 5.56 Å². The Bertz CT molecular complexity index is 942. The summed E-state index contributed by atoms with van der Waals surface area (Å²) in [5.41, 5.74) is 0.891. The molecule has 9 heteroatoms. The second-order valence-electron chi connectivity index (χ2n) is 8.22. The molecule has 0 bridgehead atoms. The van der Waals surface area contributed by atoms with Crippen molar-refractivity contribution in [2.24, 2.45) is 11.8 Å². The predicted octanol–water partition coefficient (Wildman–Crippen LogP) is 1.19. The number of carbonyl (C=O) groups excluding carboxylic acids is 1. The van der Waals surface area contributed by atoms with Gasteiger partial charge in [-0.1, -0.05) is 6.92 Å². The van der Waals surface area contributed by atoms with Crippen LogP contribution in [0.5, 0.6) is 0 Å². The fraction of sp³-hybridized carbons (Fsp3) is 0.737. The van der Waals surface area contributed by atoms with Crippen LogP contribution in [0, 0.1) is 11.8 Å². The van der Waals surface area contributed by atoms with E-state index in [0.29, 0.717) is 42.5 Å². The molecule has 0 aromatic carbocycles. The van der Waals surface area contributed by atoms with E-state index in [-0.39, 0.29) is 35.7 Å². The van der Waals surface area contributed by atoms with Gasteiger partial charge in [0.2, 0.25) is 15.9 Å². The normalized spacial score (nSPS) is 28.1. The monoisotopic (exact) mass is 408 g/mol. The minimum absolute atomic E-state index is 0.0306. The number of hydrogen-bond donors (Lipinski definition) is 1. The molecule has 8 nitrogen and oxygen atoms in total. The maximum atomic E-state index is 12.9. The van der Waals surface area contributed by atoms with Gasteiger partial charge in [-0.25, -0.2) is 13.4 Å². The number of hydrogen-bond acceptors (Lipinski definition) is 5. The molecule has 1 aromatic rings. The van der Waals surface area contributed by atoms with E-state index in [2.05, 4.69) is 16.9 Å². The van der Waals surface area contributed by atoms with E-state index < -0.39 is 10.0 Å². The molecule has 0 radical (unpaired) electrons. The number of aromatic nitrogens is 2. The Morgan fingerprint density at radius 3 is 2.71 bits per heavy atom. The molecule has 1 aliphatic carbocycles. The van der Waals surface area contributed by atoms with E-state index in [9.17, 15) is 18.0 Å². The summed E-state index contributed by atoms with van der Waals surface area (Å²) in [4.78, 5) is 35.0. The Labute approximate surface area is 165 Å². The standard InChI is InChI=1S/C19H28N4O4S/c1-3-28(26,27)22-9-7-13-15(11-22)20-17(21-18(13)24)16-6-4-5-8-23(16)19(25)14-10-12(14)2/h12,14,16H,3-11H2,1-2H3,(H,20,21,24)/t12-,14+,16-/m0/s1. The molecule has 0 unspecified atom stereocenters. The van der Waals surface area contributed by atoms with E-state index in [4.69, 9.17) is 0 Å². The van der Waals surface area contributed by atoms with E-state index >= 15 is 0 Å². The summed E-state index contributed by atoms with van der Waals surface area (Å²) < 4.78 is 25.9.